The highest BCUT2D eigenvalue weighted by Gasteiger charge is 1.99. The second kappa shape index (κ2) is 6.79. The lowest BCUT2D eigenvalue weighted by molar-refractivity contribution is 0.312. The van der Waals surface area contributed by atoms with Gasteiger partial charge in [-0.05, 0) is 43.0 Å². The van der Waals surface area contributed by atoms with E-state index in [4.69, 9.17) is 4.74 Å². The molecule has 0 spiro atoms. The molecule has 0 fully saturated rings. The van der Waals surface area contributed by atoms with E-state index in [1.165, 1.54) is 16.7 Å². The Bertz CT molecular complexity index is 526. The normalized spacial score (nSPS) is 10.2. The Hall–Kier alpha value is -2.02. The number of aryl methyl sites for hydroxylation is 1. The van der Waals surface area contributed by atoms with E-state index < -0.39 is 0 Å². The summed E-state index contributed by atoms with van der Waals surface area (Å²) < 4.78 is 5.67. The predicted molar refractivity (Wildman–Crippen MR) is 81.5 cm³/mol. The molecule has 0 amide bonds. The van der Waals surface area contributed by atoms with Gasteiger partial charge in [-0.15, -0.1) is 6.58 Å². The second-order valence-electron chi connectivity index (χ2n) is 4.67. The smallest absolute Gasteiger partial charge is 0.119 e. The molecule has 0 aliphatic rings. The molecule has 0 aromatic heterocycles. The van der Waals surface area contributed by atoms with Gasteiger partial charge in [0.2, 0.25) is 0 Å². The maximum atomic E-state index is 5.67. The molecule has 2 rings (SSSR count). The highest BCUT2D eigenvalue weighted by atomic mass is 16.5. The third-order valence-electron chi connectivity index (χ3n) is 3.03. The third kappa shape index (κ3) is 3.99. The van der Waals surface area contributed by atoms with Crippen molar-refractivity contribution in [3.05, 3.63) is 66.7 Å². The van der Waals surface area contributed by atoms with Crippen LogP contribution in [0, 0.1) is 6.92 Å². The van der Waals surface area contributed by atoms with E-state index >= 15 is 0 Å². The Morgan fingerprint density at radius 3 is 2.53 bits per heavy atom. The first kappa shape index (κ1) is 13.4. The van der Waals surface area contributed by atoms with Crippen LogP contribution in [0.3, 0.4) is 0 Å². The first-order valence-corrected chi connectivity index (χ1v) is 6.70. The predicted octanol–water partition coefficient (Wildman–Crippen LogP) is 5.01. The van der Waals surface area contributed by atoms with Crippen molar-refractivity contribution in [1.82, 2.24) is 0 Å². The number of benzene rings is 2. The quantitative estimate of drug-likeness (QED) is 0.519. The van der Waals surface area contributed by atoms with Crippen LogP contribution in [-0.2, 0) is 0 Å². The monoisotopic (exact) mass is 252 g/mol. The molecule has 1 heteroatoms. The van der Waals surface area contributed by atoms with Gasteiger partial charge in [0, 0.05) is 0 Å². The van der Waals surface area contributed by atoms with Crippen LogP contribution in [0.5, 0.6) is 5.75 Å². The molecule has 0 radical (unpaired) electrons. The first-order chi connectivity index (χ1) is 9.29. The fourth-order valence-corrected chi connectivity index (χ4v) is 1.99. The van der Waals surface area contributed by atoms with Crippen LogP contribution >= 0.6 is 0 Å². The highest BCUT2D eigenvalue weighted by molar-refractivity contribution is 5.64. The highest BCUT2D eigenvalue weighted by Crippen LogP contribution is 2.23. The van der Waals surface area contributed by atoms with Crippen molar-refractivity contribution in [2.45, 2.75) is 19.8 Å². The third-order valence-corrected chi connectivity index (χ3v) is 3.03. The summed E-state index contributed by atoms with van der Waals surface area (Å²) in [6.45, 7) is 6.56. The largest absolute Gasteiger partial charge is 0.494 e. The molecular weight excluding hydrogens is 232 g/mol. The minimum absolute atomic E-state index is 0.746. The van der Waals surface area contributed by atoms with Gasteiger partial charge in [-0.25, -0.2) is 0 Å². The minimum atomic E-state index is 0.746. The zero-order chi connectivity index (χ0) is 13.5. The summed E-state index contributed by atoms with van der Waals surface area (Å²) in [5.74, 6) is 0.931. The van der Waals surface area contributed by atoms with Crippen LogP contribution in [0.1, 0.15) is 18.4 Å². The molecular formula is C18H20O. The first-order valence-electron chi connectivity index (χ1n) is 6.70. The van der Waals surface area contributed by atoms with Crippen molar-refractivity contribution in [1.29, 1.82) is 0 Å². The van der Waals surface area contributed by atoms with Crippen LogP contribution < -0.4 is 4.74 Å². The SMILES string of the molecule is C=CCCCOc1ccc(-c2cccc(C)c2)cc1. The summed E-state index contributed by atoms with van der Waals surface area (Å²) in [7, 11) is 0. The topological polar surface area (TPSA) is 9.23 Å². The zero-order valence-electron chi connectivity index (χ0n) is 11.4. The maximum absolute atomic E-state index is 5.67. The van der Waals surface area contributed by atoms with E-state index in [0.29, 0.717) is 0 Å². The molecule has 0 aliphatic heterocycles. The molecule has 19 heavy (non-hydrogen) atoms. The molecule has 0 atom stereocenters. The Labute approximate surface area is 115 Å². The van der Waals surface area contributed by atoms with Crippen molar-refractivity contribution >= 4 is 0 Å². The molecule has 0 heterocycles. The van der Waals surface area contributed by atoms with Gasteiger partial charge >= 0.3 is 0 Å². The van der Waals surface area contributed by atoms with Gasteiger partial charge in [-0.1, -0.05) is 48.0 Å². The summed E-state index contributed by atoms with van der Waals surface area (Å²) in [5.41, 5.74) is 3.75. The van der Waals surface area contributed by atoms with Gasteiger partial charge in [0.25, 0.3) is 0 Å². The van der Waals surface area contributed by atoms with Crippen LogP contribution in [-0.4, -0.2) is 6.61 Å². The molecule has 2 aromatic rings. The summed E-state index contributed by atoms with van der Waals surface area (Å²) in [6.07, 6.45) is 3.94. The van der Waals surface area contributed by atoms with Crippen LogP contribution in [0.4, 0.5) is 0 Å². The van der Waals surface area contributed by atoms with Crippen molar-refractivity contribution < 1.29 is 4.74 Å². The zero-order valence-corrected chi connectivity index (χ0v) is 11.4. The van der Waals surface area contributed by atoms with Gasteiger partial charge < -0.3 is 4.74 Å². The molecule has 0 saturated heterocycles. The molecule has 0 saturated carbocycles. The van der Waals surface area contributed by atoms with Crippen molar-refractivity contribution in [2.24, 2.45) is 0 Å². The van der Waals surface area contributed by atoms with Crippen LogP contribution in [0.2, 0.25) is 0 Å². The fraction of sp³-hybridized carbons (Fsp3) is 0.222. The second-order valence-corrected chi connectivity index (χ2v) is 4.67. The fourth-order valence-electron chi connectivity index (χ4n) is 1.99. The summed E-state index contributed by atoms with van der Waals surface area (Å²) in [4.78, 5) is 0. The van der Waals surface area contributed by atoms with Crippen LogP contribution in [0.25, 0.3) is 11.1 Å². The summed E-state index contributed by atoms with van der Waals surface area (Å²) >= 11 is 0. The number of allylic oxidation sites excluding steroid dienone is 1. The molecule has 0 bridgehead atoms. The Kier molecular flexibility index (Phi) is 4.79. The average molecular weight is 252 g/mol. The molecule has 98 valence electrons. The average Bonchev–Trinajstić information content (AvgIpc) is 2.44. The van der Waals surface area contributed by atoms with Gasteiger partial charge in [0.1, 0.15) is 5.75 Å². The van der Waals surface area contributed by atoms with E-state index in [2.05, 4.69) is 49.9 Å². The van der Waals surface area contributed by atoms with E-state index in [0.717, 1.165) is 25.2 Å². The molecule has 0 unspecified atom stereocenters. The van der Waals surface area contributed by atoms with Crippen molar-refractivity contribution in [3.8, 4) is 16.9 Å². The number of unbranched alkanes of at least 4 members (excludes halogenated alkanes) is 1. The summed E-state index contributed by atoms with van der Waals surface area (Å²) in [5, 5.41) is 0. The lowest BCUT2D eigenvalue weighted by atomic mass is 10.0. The van der Waals surface area contributed by atoms with E-state index in [1.807, 2.05) is 18.2 Å². The molecule has 2 aromatic carbocycles. The van der Waals surface area contributed by atoms with Crippen LogP contribution in [0.15, 0.2) is 61.2 Å². The number of hydrogen-bond donors (Lipinski definition) is 0. The minimum Gasteiger partial charge on any atom is -0.494 e. The lowest BCUT2D eigenvalue weighted by Gasteiger charge is -2.07. The van der Waals surface area contributed by atoms with Gasteiger partial charge in [0.05, 0.1) is 6.61 Å². The maximum Gasteiger partial charge on any atom is 0.119 e. The number of hydrogen-bond acceptors (Lipinski definition) is 1. The number of rotatable bonds is 6. The Balaban J connectivity index is 2.00. The van der Waals surface area contributed by atoms with Gasteiger partial charge in [-0.3, -0.25) is 0 Å². The van der Waals surface area contributed by atoms with E-state index in [9.17, 15) is 0 Å². The van der Waals surface area contributed by atoms with Crippen molar-refractivity contribution in [2.75, 3.05) is 6.61 Å². The van der Waals surface area contributed by atoms with Gasteiger partial charge in [0.15, 0.2) is 0 Å². The molecule has 0 N–H and O–H groups in total. The lowest BCUT2D eigenvalue weighted by Crippen LogP contribution is -1.96. The molecule has 1 nitrogen and oxygen atoms in total. The Morgan fingerprint density at radius 2 is 1.84 bits per heavy atom. The standard InChI is InChI=1S/C18H20O/c1-3-4-5-13-19-18-11-9-16(10-12-18)17-8-6-7-15(2)14-17/h3,6-12,14H,1,4-5,13H2,2H3. The number of ether oxygens (including phenoxy) is 1. The molecule has 0 aliphatic carbocycles. The van der Waals surface area contributed by atoms with E-state index in [-0.39, 0.29) is 0 Å². The van der Waals surface area contributed by atoms with Crippen molar-refractivity contribution in [3.63, 3.8) is 0 Å². The van der Waals surface area contributed by atoms with Gasteiger partial charge in [-0.2, -0.15) is 0 Å². The van der Waals surface area contributed by atoms with E-state index in [1.54, 1.807) is 0 Å². The summed E-state index contributed by atoms with van der Waals surface area (Å²) in [6, 6.07) is 16.8. The Morgan fingerprint density at radius 1 is 1.05 bits per heavy atom.